The van der Waals surface area contributed by atoms with E-state index in [4.69, 9.17) is 17.3 Å². The number of para-hydroxylation sites is 1. The number of nitrogens with zero attached hydrogens (tertiary/aromatic N) is 1. The Morgan fingerprint density at radius 1 is 1.03 bits per heavy atom. The molecule has 0 fully saturated rings. The second-order valence-electron chi connectivity index (χ2n) is 6.05. The molecule has 1 heterocycles. The zero-order valence-electron chi connectivity index (χ0n) is 16.6. The van der Waals surface area contributed by atoms with Crippen LogP contribution in [-0.4, -0.2) is 11.8 Å². The van der Waals surface area contributed by atoms with Crippen LogP contribution in [0.15, 0.2) is 48.5 Å². The molecule has 0 unspecified atom stereocenters. The van der Waals surface area contributed by atoms with Crippen LogP contribution in [0.1, 0.15) is 44.8 Å². The first kappa shape index (κ1) is 24.4. The van der Waals surface area contributed by atoms with Crippen LogP contribution in [0.3, 0.4) is 0 Å². The highest BCUT2D eigenvalue weighted by Crippen LogP contribution is 2.34. The molecule has 0 saturated heterocycles. The van der Waals surface area contributed by atoms with Crippen LogP contribution in [0.4, 0.5) is 5.69 Å². The fourth-order valence-corrected chi connectivity index (χ4v) is 3.12. The SMILES string of the molecule is CC.I.NN/C1=C(\N)c2ccccc2N(C(=O)CCC(N)=O)Cc2ccccc21.[HH]. The van der Waals surface area contributed by atoms with E-state index in [0.717, 1.165) is 11.1 Å². The molecule has 3 rings (SSSR count). The first-order valence-corrected chi connectivity index (χ1v) is 9.25. The van der Waals surface area contributed by atoms with Crippen LogP contribution >= 0.6 is 24.0 Å². The molecule has 2 amide bonds. The van der Waals surface area contributed by atoms with E-state index in [2.05, 4.69) is 5.43 Å². The maximum absolute atomic E-state index is 12.8. The number of hydrazine groups is 1. The number of rotatable bonds is 4. The number of primary amides is 1. The van der Waals surface area contributed by atoms with Crippen molar-refractivity contribution < 1.29 is 11.0 Å². The molecular weight excluding hydrogens is 481 g/mol. The van der Waals surface area contributed by atoms with Crippen LogP contribution in [0, 0.1) is 0 Å². The van der Waals surface area contributed by atoms with Crippen LogP contribution in [0.2, 0.25) is 0 Å². The molecule has 7 N–H and O–H groups in total. The number of anilines is 1. The van der Waals surface area contributed by atoms with Crippen molar-refractivity contribution in [3.05, 3.63) is 65.2 Å². The lowest BCUT2D eigenvalue weighted by Gasteiger charge is -2.30. The Bertz CT molecular complexity index is 904. The number of carbonyl (C=O) groups excluding carboxylic acids is 2. The molecule has 0 aromatic heterocycles. The summed E-state index contributed by atoms with van der Waals surface area (Å²) in [5.41, 5.74) is 18.4. The van der Waals surface area contributed by atoms with Gasteiger partial charge in [0.1, 0.15) is 0 Å². The van der Waals surface area contributed by atoms with E-state index >= 15 is 0 Å². The second kappa shape index (κ2) is 11.4. The summed E-state index contributed by atoms with van der Waals surface area (Å²) in [6.07, 6.45) is 0.0392. The smallest absolute Gasteiger partial charge is 0.227 e. The van der Waals surface area contributed by atoms with Crippen molar-refractivity contribution in [2.24, 2.45) is 17.3 Å². The number of halogens is 1. The van der Waals surface area contributed by atoms with Gasteiger partial charge < -0.3 is 21.8 Å². The van der Waals surface area contributed by atoms with Gasteiger partial charge in [-0.25, -0.2) is 0 Å². The number of hydrogen-bond donors (Lipinski definition) is 4. The number of fused-ring (bicyclic) bond motifs is 2. The van der Waals surface area contributed by atoms with Gasteiger partial charge in [0.15, 0.2) is 0 Å². The lowest BCUT2D eigenvalue weighted by Crippen LogP contribution is -2.34. The van der Waals surface area contributed by atoms with Gasteiger partial charge in [-0.3, -0.25) is 15.4 Å². The maximum atomic E-state index is 12.8. The van der Waals surface area contributed by atoms with E-state index in [9.17, 15) is 9.59 Å². The van der Waals surface area contributed by atoms with Crippen molar-refractivity contribution in [1.29, 1.82) is 0 Å². The van der Waals surface area contributed by atoms with Crippen LogP contribution in [-0.2, 0) is 16.1 Å². The molecular formula is C21H30IN5O2. The van der Waals surface area contributed by atoms with Gasteiger partial charge in [0.05, 0.1) is 23.6 Å². The van der Waals surface area contributed by atoms with E-state index in [1.54, 1.807) is 4.90 Å². The number of carbonyl (C=O) groups is 2. The highest BCUT2D eigenvalue weighted by molar-refractivity contribution is 14.0. The molecule has 2 aromatic carbocycles. The zero-order valence-corrected chi connectivity index (χ0v) is 19.0. The molecule has 0 aliphatic carbocycles. The summed E-state index contributed by atoms with van der Waals surface area (Å²) in [4.78, 5) is 25.5. The molecule has 0 saturated carbocycles. The predicted octanol–water partition coefficient (Wildman–Crippen LogP) is 2.94. The summed E-state index contributed by atoms with van der Waals surface area (Å²) in [6, 6.07) is 14.9. The minimum Gasteiger partial charge on any atom is -0.396 e. The lowest BCUT2D eigenvalue weighted by molar-refractivity contribution is -0.123. The average Bonchev–Trinajstić information content (AvgIpc) is 2.72. The minimum absolute atomic E-state index is 0. The summed E-state index contributed by atoms with van der Waals surface area (Å²) in [5, 5.41) is 0. The Hall–Kier alpha value is -2.59. The topological polar surface area (TPSA) is 127 Å². The van der Waals surface area contributed by atoms with Crippen molar-refractivity contribution in [2.75, 3.05) is 4.90 Å². The van der Waals surface area contributed by atoms with Crippen molar-refractivity contribution >= 4 is 52.9 Å². The highest BCUT2D eigenvalue weighted by atomic mass is 127. The summed E-state index contributed by atoms with van der Waals surface area (Å²) in [7, 11) is 0. The molecule has 0 radical (unpaired) electrons. The van der Waals surface area contributed by atoms with E-state index in [1.807, 2.05) is 62.4 Å². The van der Waals surface area contributed by atoms with E-state index in [1.165, 1.54) is 0 Å². The van der Waals surface area contributed by atoms with Gasteiger partial charge in [-0.2, -0.15) is 0 Å². The first-order valence-electron chi connectivity index (χ1n) is 9.25. The molecule has 158 valence electrons. The average molecular weight is 511 g/mol. The second-order valence-corrected chi connectivity index (χ2v) is 6.05. The zero-order chi connectivity index (χ0) is 20.7. The summed E-state index contributed by atoms with van der Waals surface area (Å²) < 4.78 is 0. The Labute approximate surface area is 189 Å². The molecule has 0 atom stereocenters. The Kier molecular flexibility index (Phi) is 9.63. The first-order chi connectivity index (χ1) is 13.5. The van der Waals surface area contributed by atoms with Crippen LogP contribution < -0.4 is 27.6 Å². The molecule has 8 heteroatoms. The van der Waals surface area contributed by atoms with E-state index in [-0.39, 0.29) is 44.2 Å². The van der Waals surface area contributed by atoms with Crippen molar-refractivity contribution in [3.63, 3.8) is 0 Å². The number of benzene rings is 2. The van der Waals surface area contributed by atoms with Gasteiger partial charge in [-0.1, -0.05) is 56.3 Å². The third-order valence-electron chi connectivity index (χ3n) is 4.40. The molecule has 0 spiro atoms. The van der Waals surface area contributed by atoms with E-state index in [0.29, 0.717) is 29.2 Å². The van der Waals surface area contributed by atoms with Gasteiger partial charge in [0.2, 0.25) is 11.8 Å². The predicted molar refractivity (Wildman–Crippen MR) is 130 cm³/mol. The quantitative estimate of drug-likeness (QED) is 0.285. The summed E-state index contributed by atoms with van der Waals surface area (Å²) >= 11 is 0. The third kappa shape index (κ3) is 5.48. The Morgan fingerprint density at radius 3 is 2.24 bits per heavy atom. The van der Waals surface area contributed by atoms with Gasteiger partial charge in [-0.05, 0) is 11.6 Å². The van der Waals surface area contributed by atoms with Crippen molar-refractivity contribution in [2.45, 2.75) is 33.2 Å². The number of amides is 2. The van der Waals surface area contributed by atoms with Crippen molar-refractivity contribution in [3.8, 4) is 0 Å². The number of hydrogen-bond acceptors (Lipinski definition) is 5. The summed E-state index contributed by atoms with van der Waals surface area (Å²) in [6.45, 7) is 4.34. The largest absolute Gasteiger partial charge is 0.396 e. The molecule has 2 aromatic rings. The number of nitrogens with one attached hydrogen (secondary N) is 1. The van der Waals surface area contributed by atoms with Crippen molar-refractivity contribution in [1.82, 2.24) is 5.43 Å². The van der Waals surface area contributed by atoms with Gasteiger partial charge in [0, 0.05) is 25.4 Å². The maximum Gasteiger partial charge on any atom is 0.227 e. The fraction of sp³-hybridized carbons (Fsp3) is 0.238. The van der Waals surface area contributed by atoms with Gasteiger partial charge in [-0.15, -0.1) is 24.0 Å². The molecule has 7 nitrogen and oxygen atoms in total. The standard InChI is InChI=1S/C19H21N5O2.C2H6.HI.H2/c20-16(25)9-10-17(26)24-11-12-5-1-2-6-13(12)19(23-22)18(21)14-7-3-4-8-15(14)24;1-2;;/h1-8,23H,9-11,21-22H2,(H2,20,25);1-2H3;2*1H/b19-18-;;;. The number of nitrogens with two attached hydrogens (primary N) is 3. The molecule has 0 bridgehead atoms. The molecule has 29 heavy (non-hydrogen) atoms. The fourth-order valence-electron chi connectivity index (χ4n) is 3.12. The normalized spacial score (nSPS) is 14.7. The van der Waals surface area contributed by atoms with Crippen LogP contribution in [0.25, 0.3) is 11.4 Å². The Morgan fingerprint density at radius 2 is 1.62 bits per heavy atom. The molecule has 1 aliphatic heterocycles. The highest BCUT2D eigenvalue weighted by Gasteiger charge is 2.25. The van der Waals surface area contributed by atoms with Gasteiger partial charge >= 0.3 is 0 Å². The van der Waals surface area contributed by atoms with Gasteiger partial charge in [0.25, 0.3) is 0 Å². The summed E-state index contributed by atoms with van der Waals surface area (Å²) in [5.74, 6) is 5.04. The molecule has 1 aliphatic rings. The monoisotopic (exact) mass is 511 g/mol. The minimum atomic E-state index is -0.506. The Balaban J connectivity index is 0.00000204. The lowest BCUT2D eigenvalue weighted by atomic mass is 9.96. The van der Waals surface area contributed by atoms with E-state index < -0.39 is 5.91 Å². The van der Waals surface area contributed by atoms with Crippen LogP contribution in [0.5, 0.6) is 0 Å². The third-order valence-corrected chi connectivity index (χ3v) is 4.40.